The first-order valence-corrected chi connectivity index (χ1v) is 6.68. The van der Waals surface area contributed by atoms with E-state index in [1.165, 1.54) is 4.90 Å². The summed E-state index contributed by atoms with van der Waals surface area (Å²) in [5.74, 6) is -1.58. The zero-order valence-corrected chi connectivity index (χ0v) is 12.4. The molecule has 0 heterocycles. The lowest BCUT2D eigenvalue weighted by Gasteiger charge is -2.23. The number of nitrogens with zero attached hydrogens (tertiary/aromatic N) is 2. The molecule has 1 rings (SSSR count). The fourth-order valence-corrected chi connectivity index (χ4v) is 1.78. The Morgan fingerprint density at radius 2 is 2.14 bits per heavy atom. The average molecular weight is 289 g/mol. The maximum absolute atomic E-state index is 12.2. The molecular formula is C15H19N3O3. The number of hydrogen-bond donors (Lipinski definition) is 2. The van der Waals surface area contributed by atoms with Gasteiger partial charge in [0.1, 0.15) is 0 Å². The first kappa shape index (κ1) is 16.5. The highest BCUT2D eigenvalue weighted by atomic mass is 16.4. The molecule has 112 valence electrons. The fourth-order valence-electron chi connectivity index (χ4n) is 1.78. The van der Waals surface area contributed by atoms with E-state index in [1.807, 2.05) is 13.0 Å². The van der Waals surface area contributed by atoms with Crippen LogP contribution in [-0.2, 0) is 4.79 Å². The maximum Gasteiger partial charge on any atom is 0.321 e. The van der Waals surface area contributed by atoms with Crippen LogP contribution in [0, 0.1) is 24.2 Å². The number of anilines is 1. The van der Waals surface area contributed by atoms with E-state index in [-0.39, 0.29) is 12.6 Å². The van der Waals surface area contributed by atoms with Gasteiger partial charge in [-0.15, -0.1) is 0 Å². The zero-order chi connectivity index (χ0) is 16.0. The summed E-state index contributed by atoms with van der Waals surface area (Å²) in [5, 5.41) is 20.5. The Morgan fingerprint density at radius 3 is 2.67 bits per heavy atom. The van der Waals surface area contributed by atoms with Crippen LogP contribution >= 0.6 is 0 Å². The third kappa shape index (κ3) is 4.49. The third-order valence-electron chi connectivity index (χ3n) is 3.19. The fraction of sp³-hybridized carbons (Fsp3) is 0.400. The van der Waals surface area contributed by atoms with Gasteiger partial charge in [0.25, 0.3) is 0 Å². The lowest BCUT2D eigenvalue weighted by Crippen LogP contribution is -2.39. The van der Waals surface area contributed by atoms with Crippen molar-refractivity contribution in [1.82, 2.24) is 4.90 Å². The molecule has 6 nitrogen and oxygen atoms in total. The van der Waals surface area contributed by atoms with Crippen LogP contribution in [-0.4, -0.2) is 35.1 Å². The van der Waals surface area contributed by atoms with Gasteiger partial charge in [-0.25, -0.2) is 4.79 Å². The van der Waals surface area contributed by atoms with Crippen molar-refractivity contribution >= 4 is 17.7 Å². The van der Waals surface area contributed by atoms with Crippen molar-refractivity contribution in [3.63, 3.8) is 0 Å². The zero-order valence-electron chi connectivity index (χ0n) is 12.4. The number of amides is 2. The van der Waals surface area contributed by atoms with Gasteiger partial charge in [0.2, 0.25) is 0 Å². The molecule has 0 bridgehead atoms. The normalized spacial score (nSPS) is 11.3. The molecule has 0 saturated heterocycles. The molecule has 0 aromatic heterocycles. The number of nitriles is 1. The number of carbonyl (C=O) groups is 2. The van der Waals surface area contributed by atoms with Crippen molar-refractivity contribution in [3.05, 3.63) is 29.3 Å². The van der Waals surface area contributed by atoms with E-state index in [4.69, 9.17) is 10.4 Å². The van der Waals surface area contributed by atoms with Crippen LogP contribution in [0.5, 0.6) is 0 Å². The van der Waals surface area contributed by atoms with Crippen molar-refractivity contribution < 1.29 is 14.7 Å². The number of hydrogen-bond acceptors (Lipinski definition) is 3. The van der Waals surface area contributed by atoms with E-state index >= 15 is 0 Å². The van der Waals surface area contributed by atoms with Gasteiger partial charge in [0.05, 0.1) is 17.6 Å². The number of urea groups is 1. The van der Waals surface area contributed by atoms with Gasteiger partial charge in [-0.05, 0) is 31.5 Å². The summed E-state index contributed by atoms with van der Waals surface area (Å²) in [5.41, 5.74) is 1.85. The van der Waals surface area contributed by atoms with Crippen LogP contribution in [0.2, 0.25) is 0 Å². The molecule has 0 aliphatic carbocycles. The minimum atomic E-state index is -0.941. The Bertz CT molecular complexity index is 578. The van der Waals surface area contributed by atoms with E-state index in [0.717, 1.165) is 5.56 Å². The first-order valence-electron chi connectivity index (χ1n) is 6.68. The molecule has 0 fully saturated rings. The van der Waals surface area contributed by atoms with Gasteiger partial charge in [-0.3, -0.25) is 4.79 Å². The number of carbonyl (C=O) groups excluding carboxylic acids is 1. The van der Waals surface area contributed by atoms with Crippen LogP contribution in [0.4, 0.5) is 10.5 Å². The largest absolute Gasteiger partial charge is 0.481 e. The summed E-state index contributed by atoms with van der Waals surface area (Å²) in [6, 6.07) is 6.67. The van der Waals surface area contributed by atoms with Crippen LogP contribution in [0.15, 0.2) is 18.2 Å². The van der Waals surface area contributed by atoms with E-state index in [9.17, 15) is 9.59 Å². The Kier molecular flexibility index (Phi) is 5.73. The summed E-state index contributed by atoms with van der Waals surface area (Å²) < 4.78 is 0. The second kappa shape index (κ2) is 7.29. The number of carboxylic acids is 1. The molecular weight excluding hydrogens is 270 g/mol. The van der Waals surface area contributed by atoms with Gasteiger partial charge < -0.3 is 15.3 Å². The number of aliphatic carboxylic acids is 1. The van der Waals surface area contributed by atoms with Crippen molar-refractivity contribution in [2.45, 2.75) is 20.8 Å². The summed E-state index contributed by atoms with van der Waals surface area (Å²) in [4.78, 5) is 24.5. The predicted molar refractivity (Wildman–Crippen MR) is 79.0 cm³/mol. The molecule has 0 aliphatic rings. The maximum atomic E-state index is 12.2. The van der Waals surface area contributed by atoms with E-state index in [1.54, 1.807) is 32.0 Å². The molecule has 0 spiro atoms. The van der Waals surface area contributed by atoms with Crippen LogP contribution in [0.1, 0.15) is 25.0 Å². The molecule has 2 amide bonds. The van der Waals surface area contributed by atoms with Crippen LogP contribution in [0.3, 0.4) is 0 Å². The Hall–Kier alpha value is -2.55. The smallest absolute Gasteiger partial charge is 0.321 e. The van der Waals surface area contributed by atoms with E-state index in [0.29, 0.717) is 17.8 Å². The molecule has 21 heavy (non-hydrogen) atoms. The molecule has 6 heteroatoms. The van der Waals surface area contributed by atoms with E-state index < -0.39 is 11.9 Å². The highest BCUT2D eigenvalue weighted by molar-refractivity contribution is 5.90. The minimum Gasteiger partial charge on any atom is -0.481 e. The molecule has 0 saturated carbocycles. The van der Waals surface area contributed by atoms with Gasteiger partial charge in [0, 0.05) is 18.8 Å². The second-order valence-electron chi connectivity index (χ2n) is 4.85. The summed E-state index contributed by atoms with van der Waals surface area (Å²) in [6.45, 7) is 5.70. The molecule has 1 aromatic carbocycles. The third-order valence-corrected chi connectivity index (χ3v) is 3.19. The Morgan fingerprint density at radius 1 is 1.48 bits per heavy atom. The van der Waals surface area contributed by atoms with Crippen molar-refractivity contribution in [2.24, 2.45) is 5.92 Å². The molecule has 1 atom stereocenters. The molecule has 0 radical (unpaired) electrons. The molecule has 0 aliphatic heterocycles. The molecule has 1 unspecified atom stereocenters. The second-order valence-corrected chi connectivity index (χ2v) is 4.85. The lowest BCUT2D eigenvalue weighted by atomic mass is 10.1. The molecule has 1 aromatic rings. The summed E-state index contributed by atoms with van der Waals surface area (Å²) in [7, 11) is 0. The van der Waals surface area contributed by atoms with E-state index in [2.05, 4.69) is 5.32 Å². The number of carboxylic acid groups (broad SMARTS) is 1. The van der Waals surface area contributed by atoms with Crippen molar-refractivity contribution in [2.75, 3.05) is 18.4 Å². The Balaban J connectivity index is 2.83. The average Bonchev–Trinajstić information content (AvgIpc) is 2.46. The molecule has 2 N–H and O–H groups in total. The number of nitrogens with one attached hydrogen (secondary N) is 1. The SMILES string of the molecule is CCN(CC(C)C(=O)O)C(=O)Nc1cc(C#N)ccc1C. The standard InChI is InChI=1S/C15H19N3O3/c1-4-18(9-11(3)14(19)20)15(21)17-13-7-12(8-16)6-5-10(13)2/h5-7,11H,4,9H2,1-3H3,(H,17,21)(H,19,20). The number of rotatable bonds is 5. The highest BCUT2D eigenvalue weighted by Gasteiger charge is 2.19. The van der Waals surface area contributed by atoms with Crippen LogP contribution in [0.25, 0.3) is 0 Å². The monoisotopic (exact) mass is 289 g/mol. The Labute approximate surface area is 124 Å². The van der Waals surface area contributed by atoms with Crippen molar-refractivity contribution in [1.29, 1.82) is 5.26 Å². The number of benzene rings is 1. The predicted octanol–water partition coefficient (Wildman–Crippen LogP) is 2.44. The highest BCUT2D eigenvalue weighted by Crippen LogP contribution is 2.17. The van der Waals surface area contributed by atoms with Gasteiger partial charge in [-0.2, -0.15) is 5.26 Å². The summed E-state index contributed by atoms with van der Waals surface area (Å²) in [6.07, 6.45) is 0. The summed E-state index contributed by atoms with van der Waals surface area (Å²) >= 11 is 0. The first-order chi connectivity index (χ1) is 9.88. The topological polar surface area (TPSA) is 93.4 Å². The van der Waals surface area contributed by atoms with Gasteiger partial charge >= 0.3 is 12.0 Å². The lowest BCUT2D eigenvalue weighted by molar-refractivity contribution is -0.141. The number of aryl methyl sites for hydroxylation is 1. The minimum absolute atomic E-state index is 0.134. The van der Waals surface area contributed by atoms with Crippen molar-refractivity contribution in [3.8, 4) is 6.07 Å². The van der Waals surface area contributed by atoms with Crippen LogP contribution < -0.4 is 5.32 Å². The quantitative estimate of drug-likeness (QED) is 0.870. The van der Waals surface area contributed by atoms with Gasteiger partial charge in [-0.1, -0.05) is 13.0 Å². The van der Waals surface area contributed by atoms with Gasteiger partial charge in [0.15, 0.2) is 0 Å².